The van der Waals surface area contributed by atoms with Gasteiger partial charge in [0.25, 0.3) is 10.0 Å². The van der Waals surface area contributed by atoms with Crippen molar-refractivity contribution in [3.63, 3.8) is 0 Å². The predicted molar refractivity (Wildman–Crippen MR) is 114 cm³/mol. The Morgan fingerprint density at radius 3 is 2.47 bits per heavy atom. The Balaban J connectivity index is 2.10. The topological polar surface area (TPSA) is 104 Å². The number of rotatable bonds is 5. The molecule has 9 heteroatoms. The molecule has 2 N–H and O–H groups in total. The molecule has 0 aromatic heterocycles. The first kappa shape index (κ1) is 22.7. The van der Waals surface area contributed by atoms with Crippen molar-refractivity contribution in [2.24, 2.45) is 11.7 Å². The molecule has 2 heterocycles. The van der Waals surface area contributed by atoms with E-state index in [-0.39, 0.29) is 23.6 Å². The van der Waals surface area contributed by atoms with Gasteiger partial charge in [0.2, 0.25) is 11.8 Å². The third-order valence-corrected chi connectivity index (χ3v) is 7.93. The first-order valence-corrected chi connectivity index (χ1v) is 12.0. The smallest absolute Gasteiger partial charge is 0.269 e. The largest absolute Gasteiger partial charge is 0.306 e. The van der Waals surface area contributed by atoms with E-state index in [1.807, 2.05) is 18.9 Å². The maximum atomic E-state index is 13.7. The summed E-state index contributed by atoms with van der Waals surface area (Å²) in [5, 5.41) is 0. The van der Waals surface area contributed by atoms with Gasteiger partial charge in [-0.2, -0.15) is 4.31 Å². The molecular weight excluding hydrogens is 404 g/mol. The van der Waals surface area contributed by atoms with Crippen LogP contribution < -0.4 is 5.73 Å². The van der Waals surface area contributed by atoms with Gasteiger partial charge < -0.3 is 9.80 Å². The minimum absolute atomic E-state index is 0.00577. The fourth-order valence-electron chi connectivity index (χ4n) is 4.44. The van der Waals surface area contributed by atoms with Crippen molar-refractivity contribution >= 4 is 21.8 Å². The third-order valence-electron chi connectivity index (χ3n) is 6.08. The maximum Gasteiger partial charge on any atom is 0.269 e. The van der Waals surface area contributed by atoms with Gasteiger partial charge in [0.15, 0.2) is 5.79 Å². The van der Waals surface area contributed by atoms with E-state index >= 15 is 0 Å². The van der Waals surface area contributed by atoms with E-state index < -0.39 is 27.6 Å². The summed E-state index contributed by atoms with van der Waals surface area (Å²) in [5.74, 6) is -2.96. The van der Waals surface area contributed by atoms with Crippen molar-refractivity contribution in [1.29, 1.82) is 0 Å². The number of hydrogen-bond donors (Lipinski definition) is 1. The lowest BCUT2D eigenvalue weighted by Gasteiger charge is -2.44. The van der Waals surface area contributed by atoms with Gasteiger partial charge in [0.1, 0.15) is 0 Å². The number of carbonyl (C=O) groups is 2. The van der Waals surface area contributed by atoms with E-state index in [0.717, 1.165) is 22.8 Å². The van der Waals surface area contributed by atoms with E-state index in [0.29, 0.717) is 25.9 Å². The molecule has 3 rings (SSSR count). The molecule has 2 atom stereocenters. The molecule has 2 unspecified atom stereocenters. The van der Waals surface area contributed by atoms with Crippen molar-refractivity contribution in [2.75, 3.05) is 26.7 Å². The summed E-state index contributed by atoms with van der Waals surface area (Å²) in [6, 6.07) is 6.36. The quantitative estimate of drug-likeness (QED) is 0.702. The highest BCUT2D eigenvalue weighted by Gasteiger charge is 2.53. The Labute approximate surface area is 179 Å². The average Bonchev–Trinajstić information content (AvgIpc) is 3.09. The summed E-state index contributed by atoms with van der Waals surface area (Å²) in [5.41, 5.74) is 7.55. The number of piperidine rings is 1. The molecule has 0 saturated carbocycles. The minimum Gasteiger partial charge on any atom is -0.306 e. The van der Waals surface area contributed by atoms with Crippen LogP contribution in [-0.4, -0.2) is 66.8 Å². The van der Waals surface area contributed by atoms with Crippen molar-refractivity contribution < 1.29 is 18.0 Å². The first-order valence-electron chi connectivity index (χ1n) is 10.5. The third kappa shape index (κ3) is 4.10. The zero-order valence-electron chi connectivity index (χ0n) is 18.0. The summed E-state index contributed by atoms with van der Waals surface area (Å²) in [6.45, 7) is 5.23. The van der Waals surface area contributed by atoms with Gasteiger partial charge in [-0.25, -0.2) is 8.42 Å². The molecule has 30 heavy (non-hydrogen) atoms. The molecule has 2 fully saturated rings. The Morgan fingerprint density at radius 2 is 1.87 bits per heavy atom. The molecular formula is C21H32N4O4S. The highest BCUT2D eigenvalue weighted by molar-refractivity contribution is 7.89. The Kier molecular flexibility index (Phi) is 6.54. The standard InChI is InChI=1S/C21H32N4O4S/c1-4-19(26)24-14-6-12-21(24,22)25(20(27)17-7-5-13-23(3)15-17)30(28,29)18-10-8-16(2)9-11-18/h8-11,17H,4-7,12-15,22H2,1-3H3. The van der Waals surface area contributed by atoms with Crippen LogP contribution in [0.4, 0.5) is 0 Å². The van der Waals surface area contributed by atoms with Crippen molar-refractivity contribution in [3.8, 4) is 0 Å². The van der Waals surface area contributed by atoms with Crippen LogP contribution in [0, 0.1) is 12.8 Å². The second-order valence-corrected chi connectivity index (χ2v) is 10.2. The number of carbonyl (C=O) groups excluding carboxylic acids is 2. The number of likely N-dealkylation sites (tertiary alicyclic amines) is 2. The predicted octanol–water partition coefficient (Wildman–Crippen LogP) is 1.50. The summed E-state index contributed by atoms with van der Waals surface area (Å²) in [4.78, 5) is 29.7. The Bertz CT molecular complexity index is 902. The lowest BCUT2D eigenvalue weighted by atomic mass is 9.97. The number of benzene rings is 1. The van der Waals surface area contributed by atoms with Gasteiger partial charge in [-0.1, -0.05) is 24.6 Å². The van der Waals surface area contributed by atoms with E-state index in [1.165, 1.54) is 17.0 Å². The fourth-order valence-corrected chi connectivity index (χ4v) is 6.12. The Morgan fingerprint density at radius 1 is 1.20 bits per heavy atom. The Hall–Kier alpha value is -1.97. The van der Waals surface area contributed by atoms with Crippen LogP contribution >= 0.6 is 0 Å². The zero-order valence-corrected chi connectivity index (χ0v) is 18.8. The summed E-state index contributed by atoms with van der Waals surface area (Å²) >= 11 is 0. The van der Waals surface area contributed by atoms with Crippen molar-refractivity contribution in [1.82, 2.24) is 14.1 Å². The van der Waals surface area contributed by atoms with Gasteiger partial charge in [-0.15, -0.1) is 0 Å². The number of sulfonamides is 1. The molecule has 2 aliphatic heterocycles. The van der Waals surface area contributed by atoms with E-state index in [2.05, 4.69) is 0 Å². The average molecular weight is 437 g/mol. The van der Waals surface area contributed by atoms with Crippen LogP contribution in [0.2, 0.25) is 0 Å². The van der Waals surface area contributed by atoms with Gasteiger partial charge >= 0.3 is 0 Å². The molecule has 0 aliphatic carbocycles. The number of amides is 2. The van der Waals surface area contributed by atoms with Crippen LogP contribution in [0.1, 0.15) is 44.6 Å². The summed E-state index contributed by atoms with van der Waals surface area (Å²) < 4.78 is 28.3. The molecule has 0 radical (unpaired) electrons. The second kappa shape index (κ2) is 8.64. The lowest BCUT2D eigenvalue weighted by molar-refractivity contribution is -0.149. The highest BCUT2D eigenvalue weighted by Crippen LogP contribution is 2.36. The normalized spacial score (nSPS) is 25.3. The maximum absolute atomic E-state index is 13.7. The molecule has 0 bridgehead atoms. The van der Waals surface area contributed by atoms with Gasteiger partial charge in [-0.3, -0.25) is 15.3 Å². The van der Waals surface area contributed by atoms with E-state index in [9.17, 15) is 18.0 Å². The molecule has 1 aromatic carbocycles. The summed E-state index contributed by atoms with van der Waals surface area (Å²) in [7, 11) is -2.34. The van der Waals surface area contributed by atoms with Crippen LogP contribution in [-0.2, 0) is 19.6 Å². The van der Waals surface area contributed by atoms with E-state index in [4.69, 9.17) is 5.73 Å². The van der Waals surface area contributed by atoms with Gasteiger partial charge in [0.05, 0.1) is 10.8 Å². The lowest BCUT2D eigenvalue weighted by Crippen LogP contribution is -2.69. The number of aryl methyl sites for hydroxylation is 1. The first-order chi connectivity index (χ1) is 14.1. The zero-order chi connectivity index (χ0) is 22.1. The van der Waals surface area contributed by atoms with E-state index in [1.54, 1.807) is 19.1 Å². The molecule has 2 aliphatic rings. The molecule has 166 valence electrons. The van der Waals surface area contributed by atoms with Crippen molar-refractivity contribution in [2.45, 2.75) is 56.6 Å². The van der Waals surface area contributed by atoms with Gasteiger partial charge in [0, 0.05) is 25.9 Å². The van der Waals surface area contributed by atoms with Crippen molar-refractivity contribution in [3.05, 3.63) is 29.8 Å². The number of nitrogens with two attached hydrogens (primary N) is 1. The SMILES string of the molecule is CCC(=O)N1CCCC1(N)N(C(=O)C1CCCN(C)C1)S(=O)(=O)c1ccc(C)cc1. The fraction of sp³-hybridized carbons (Fsp3) is 0.619. The minimum atomic E-state index is -4.25. The molecule has 2 saturated heterocycles. The monoisotopic (exact) mass is 436 g/mol. The summed E-state index contributed by atoms with van der Waals surface area (Å²) in [6.07, 6.45) is 2.36. The second-order valence-electron chi connectivity index (χ2n) is 8.40. The van der Waals surface area contributed by atoms with Crippen LogP contribution in [0.25, 0.3) is 0 Å². The van der Waals surface area contributed by atoms with Crippen LogP contribution in [0.15, 0.2) is 29.2 Å². The van der Waals surface area contributed by atoms with Crippen LogP contribution in [0.5, 0.6) is 0 Å². The number of nitrogens with zero attached hydrogens (tertiary/aromatic N) is 3. The molecule has 8 nitrogen and oxygen atoms in total. The molecule has 2 amide bonds. The molecule has 1 aromatic rings. The van der Waals surface area contributed by atoms with Gasteiger partial charge in [-0.05, 0) is 51.9 Å². The molecule has 0 spiro atoms. The number of hydrogen-bond acceptors (Lipinski definition) is 6. The van der Waals surface area contributed by atoms with Crippen LogP contribution in [0.3, 0.4) is 0 Å². The highest BCUT2D eigenvalue weighted by atomic mass is 32.2.